The first-order chi connectivity index (χ1) is 10.0. The van der Waals surface area contributed by atoms with Gasteiger partial charge in [0.25, 0.3) is 5.91 Å². The van der Waals surface area contributed by atoms with Gasteiger partial charge in [0.2, 0.25) is 0 Å². The number of ether oxygens (including phenoxy) is 2. The van der Waals surface area contributed by atoms with Gasteiger partial charge in [-0.3, -0.25) is 4.79 Å². The number of phenolic OH excluding ortho intramolecular Hbond substituents is 1. The number of rotatable bonds is 4. The number of phenols is 1. The molecular formula is C16H17NO4. The molecule has 2 N–H and O–H groups in total. The van der Waals surface area contributed by atoms with E-state index in [9.17, 15) is 9.90 Å². The van der Waals surface area contributed by atoms with Crippen molar-refractivity contribution in [1.29, 1.82) is 0 Å². The minimum Gasteiger partial charge on any atom is -0.507 e. The number of hydrogen-bond donors (Lipinski definition) is 2. The van der Waals surface area contributed by atoms with E-state index in [1.54, 1.807) is 25.3 Å². The standard InChI is InChI=1S/C16H17NO4/c1-10-8-11(20-2)4-6-14(10)17-16(19)13-9-12(21-3)5-7-15(13)18/h4-9,18H,1-3H3,(H,17,19). The Labute approximate surface area is 123 Å². The first kappa shape index (κ1) is 14.7. The fraction of sp³-hybridized carbons (Fsp3) is 0.188. The second kappa shape index (κ2) is 6.17. The number of amides is 1. The van der Waals surface area contributed by atoms with Crippen LogP contribution in [0, 0.1) is 6.92 Å². The molecule has 2 rings (SSSR count). The number of carbonyl (C=O) groups is 1. The zero-order chi connectivity index (χ0) is 15.4. The molecule has 0 aliphatic heterocycles. The number of anilines is 1. The Bertz CT molecular complexity index is 667. The van der Waals surface area contributed by atoms with Crippen LogP contribution in [0.4, 0.5) is 5.69 Å². The van der Waals surface area contributed by atoms with Gasteiger partial charge < -0.3 is 19.9 Å². The van der Waals surface area contributed by atoms with E-state index in [1.807, 2.05) is 13.0 Å². The highest BCUT2D eigenvalue weighted by Crippen LogP contribution is 2.26. The molecule has 5 nitrogen and oxygen atoms in total. The van der Waals surface area contributed by atoms with Crippen LogP contribution in [-0.2, 0) is 0 Å². The number of aryl methyl sites for hydroxylation is 1. The van der Waals surface area contributed by atoms with Crippen LogP contribution in [0.3, 0.4) is 0 Å². The average Bonchev–Trinajstić information content (AvgIpc) is 2.49. The van der Waals surface area contributed by atoms with Crippen LogP contribution in [0.25, 0.3) is 0 Å². The molecule has 0 spiro atoms. The Morgan fingerprint density at radius 2 is 1.67 bits per heavy atom. The molecule has 2 aromatic rings. The number of hydrogen-bond acceptors (Lipinski definition) is 4. The highest BCUT2D eigenvalue weighted by Gasteiger charge is 2.13. The zero-order valence-electron chi connectivity index (χ0n) is 12.1. The van der Waals surface area contributed by atoms with Gasteiger partial charge >= 0.3 is 0 Å². The van der Waals surface area contributed by atoms with Crippen molar-refractivity contribution in [3.05, 3.63) is 47.5 Å². The first-order valence-corrected chi connectivity index (χ1v) is 6.38. The molecule has 0 atom stereocenters. The Hall–Kier alpha value is -2.69. The molecule has 0 saturated carbocycles. The fourth-order valence-corrected chi connectivity index (χ4v) is 1.92. The number of aromatic hydroxyl groups is 1. The third-order valence-electron chi connectivity index (χ3n) is 3.13. The Balaban J connectivity index is 2.26. The average molecular weight is 287 g/mol. The largest absolute Gasteiger partial charge is 0.507 e. The SMILES string of the molecule is COc1ccc(NC(=O)c2cc(OC)ccc2O)c(C)c1. The predicted octanol–water partition coefficient (Wildman–Crippen LogP) is 2.97. The summed E-state index contributed by atoms with van der Waals surface area (Å²) in [6.07, 6.45) is 0. The molecule has 0 aliphatic rings. The maximum absolute atomic E-state index is 12.3. The summed E-state index contributed by atoms with van der Waals surface area (Å²) >= 11 is 0. The molecule has 110 valence electrons. The Morgan fingerprint density at radius 3 is 2.29 bits per heavy atom. The first-order valence-electron chi connectivity index (χ1n) is 6.38. The lowest BCUT2D eigenvalue weighted by Gasteiger charge is -2.11. The molecule has 0 bridgehead atoms. The van der Waals surface area contributed by atoms with Crippen molar-refractivity contribution in [2.45, 2.75) is 6.92 Å². The van der Waals surface area contributed by atoms with Crippen LogP contribution < -0.4 is 14.8 Å². The summed E-state index contributed by atoms with van der Waals surface area (Å²) in [5.41, 5.74) is 1.68. The van der Waals surface area contributed by atoms with Crippen LogP contribution in [0.2, 0.25) is 0 Å². The van der Waals surface area contributed by atoms with Crippen LogP contribution in [-0.4, -0.2) is 25.2 Å². The predicted molar refractivity (Wildman–Crippen MR) is 80.3 cm³/mol. The van der Waals surface area contributed by atoms with Crippen LogP contribution in [0.1, 0.15) is 15.9 Å². The normalized spacial score (nSPS) is 10.0. The van der Waals surface area contributed by atoms with Crippen LogP contribution in [0.5, 0.6) is 17.2 Å². The number of benzene rings is 2. The maximum Gasteiger partial charge on any atom is 0.259 e. The van der Waals surface area contributed by atoms with Gasteiger partial charge in [0, 0.05) is 5.69 Å². The quantitative estimate of drug-likeness (QED) is 0.907. The molecule has 0 saturated heterocycles. The molecule has 0 aliphatic carbocycles. The molecule has 0 heterocycles. The number of nitrogens with one attached hydrogen (secondary N) is 1. The second-order valence-corrected chi connectivity index (χ2v) is 4.52. The summed E-state index contributed by atoms with van der Waals surface area (Å²) in [7, 11) is 3.09. The van der Waals surface area contributed by atoms with Crippen LogP contribution >= 0.6 is 0 Å². The van der Waals surface area contributed by atoms with Gasteiger partial charge in [0.05, 0.1) is 19.8 Å². The monoisotopic (exact) mass is 287 g/mol. The molecule has 5 heteroatoms. The molecule has 2 aromatic carbocycles. The highest BCUT2D eigenvalue weighted by molar-refractivity contribution is 6.06. The Kier molecular flexibility index (Phi) is 4.33. The number of carbonyl (C=O) groups excluding carboxylic acids is 1. The van der Waals surface area contributed by atoms with Crippen molar-refractivity contribution in [1.82, 2.24) is 0 Å². The highest BCUT2D eigenvalue weighted by atomic mass is 16.5. The lowest BCUT2D eigenvalue weighted by molar-refractivity contribution is 0.102. The minimum atomic E-state index is -0.403. The minimum absolute atomic E-state index is 0.0977. The summed E-state index contributed by atoms with van der Waals surface area (Å²) in [6.45, 7) is 1.86. The van der Waals surface area contributed by atoms with E-state index in [4.69, 9.17) is 9.47 Å². The van der Waals surface area contributed by atoms with Gasteiger partial charge in [-0.05, 0) is 48.9 Å². The van der Waals surface area contributed by atoms with Crippen molar-refractivity contribution in [3.8, 4) is 17.2 Å². The lowest BCUT2D eigenvalue weighted by atomic mass is 10.1. The van der Waals surface area contributed by atoms with Crippen molar-refractivity contribution in [2.24, 2.45) is 0 Å². The van der Waals surface area contributed by atoms with Crippen molar-refractivity contribution in [2.75, 3.05) is 19.5 Å². The summed E-state index contributed by atoms with van der Waals surface area (Å²) in [6, 6.07) is 9.83. The fourth-order valence-electron chi connectivity index (χ4n) is 1.92. The van der Waals surface area contributed by atoms with Crippen molar-refractivity contribution >= 4 is 11.6 Å². The van der Waals surface area contributed by atoms with E-state index in [1.165, 1.54) is 19.2 Å². The smallest absolute Gasteiger partial charge is 0.259 e. The van der Waals surface area contributed by atoms with E-state index in [-0.39, 0.29) is 11.3 Å². The number of methoxy groups -OCH3 is 2. The molecule has 1 amide bonds. The van der Waals surface area contributed by atoms with Gasteiger partial charge in [-0.2, -0.15) is 0 Å². The second-order valence-electron chi connectivity index (χ2n) is 4.52. The molecule has 0 unspecified atom stereocenters. The maximum atomic E-state index is 12.3. The van der Waals surface area contributed by atoms with E-state index in [0.29, 0.717) is 11.4 Å². The topological polar surface area (TPSA) is 67.8 Å². The Morgan fingerprint density at radius 1 is 1.05 bits per heavy atom. The molecule has 0 radical (unpaired) electrons. The molecule has 0 fully saturated rings. The van der Waals surface area contributed by atoms with Crippen molar-refractivity contribution in [3.63, 3.8) is 0 Å². The van der Waals surface area contributed by atoms with Gasteiger partial charge in [0.15, 0.2) is 0 Å². The van der Waals surface area contributed by atoms with E-state index in [2.05, 4.69) is 5.32 Å². The third-order valence-corrected chi connectivity index (χ3v) is 3.13. The van der Waals surface area contributed by atoms with Crippen molar-refractivity contribution < 1.29 is 19.4 Å². The summed E-state index contributed by atoms with van der Waals surface area (Å²) in [5, 5.41) is 12.6. The van der Waals surface area contributed by atoms with E-state index < -0.39 is 5.91 Å². The van der Waals surface area contributed by atoms with E-state index >= 15 is 0 Å². The molecule has 21 heavy (non-hydrogen) atoms. The third kappa shape index (κ3) is 3.25. The van der Waals surface area contributed by atoms with Gasteiger partial charge in [-0.15, -0.1) is 0 Å². The van der Waals surface area contributed by atoms with Crippen LogP contribution in [0.15, 0.2) is 36.4 Å². The van der Waals surface area contributed by atoms with Gasteiger partial charge in [0.1, 0.15) is 17.2 Å². The summed E-state index contributed by atoms with van der Waals surface area (Å²) < 4.78 is 10.2. The lowest BCUT2D eigenvalue weighted by Crippen LogP contribution is -2.13. The van der Waals surface area contributed by atoms with Gasteiger partial charge in [-0.1, -0.05) is 0 Å². The molecular weight excluding hydrogens is 270 g/mol. The summed E-state index contributed by atoms with van der Waals surface area (Å²) in [4.78, 5) is 12.3. The summed E-state index contributed by atoms with van der Waals surface area (Å²) in [5.74, 6) is 0.721. The zero-order valence-corrected chi connectivity index (χ0v) is 12.1. The van der Waals surface area contributed by atoms with Gasteiger partial charge in [-0.25, -0.2) is 0 Å². The molecule has 0 aromatic heterocycles. The van der Waals surface area contributed by atoms with E-state index in [0.717, 1.165) is 11.3 Å².